The van der Waals surface area contributed by atoms with Crippen LogP contribution in [-0.2, 0) is 4.74 Å². The minimum Gasteiger partial charge on any atom is -0.492 e. The number of hydrogen-bond donors (Lipinski definition) is 2. The molecule has 166 valence electrons. The molecule has 6 nitrogen and oxygen atoms in total. The van der Waals surface area contributed by atoms with Crippen LogP contribution < -0.4 is 15.4 Å². The lowest BCUT2D eigenvalue weighted by molar-refractivity contribution is 0.0323. The molecule has 3 aromatic rings. The number of anilines is 1. The highest BCUT2D eigenvalue weighted by molar-refractivity contribution is 6.04. The smallest absolute Gasteiger partial charge is 0.319 e. The van der Waals surface area contributed by atoms with Gasteiger partial charge in [-0.25, -0.2) is 4.79 Å². The number of nitrogens with zero attached hydrogens (tertiary/aromatic N) is 1. The minimum atomic E-state index is -0.167. The van der Waals surface area contributed by atoms with Gasteiger partial charge in [-0.2, -0.15) is 0 Å². The molecule has 1 aliphatic carbocycles. The molecule has 1 aliphatic heterocycles. The van der Waals surface area contributed by atoms with Crippen molar-refractivity contribution in [2.45, 2.75) is 18.4 Å². The largest absolute Gasteiger partial charge is 0.492 e. The third-order valence-electron chi connectivity index (χ3n) is 6.24. The van der Waals surface area contributed by atoms with Gasteiger partial charge in [-0.3, -0.25) is 4.90 Å². The molecule has 2 aliphatic rings. The van der Waals surface area contributed by atoms with Gasteiger partial charge in [0.2, 0.25) is 0 Å². The lowest BCUT2D eigenvalue weighted by Gasteiger charge is -2.26. The van der Waals surface area contributed by atoms with E-state index in [9.17, 15) is 4.79 Å². The normalized spacial score (nSPS) is 20.6. The number of fused-ring (bicyclic) bond motifs is 1. The van der Waals surface area contributed by atoms with Crippen LogP contribution in [0.3, 0.4) is 0 Å². The lowest BCUT2D eigenvalue weighted by atomic mass is 10.1. The highest BCUT2D eigenvalue weighted by atomic mass is 16.5. The van der Waals surface area contributed by atoms with Crippen LogP contribution in [0.2, 0.25) is 0 Å². The average molecular weight is 432 g/mol. The molecule has 5 rings (SSSR count). The molecule has 2 amide bonds. The topological polar surface area (TPSA) is 62.8 Å². The van der Waals surface area contributed by atoms with Gasteiger partial charge in [0.15, 0.2) is 0 Å². The van der Waals surface area contributed by atoms with E-state index >= 15 is 0 Å². The SMILES string of the molecule is O=C(Nc1ccc(OCCN2CCOCC2)c2ccccc12)N[C@@H]1C[C@H]1c1ccccc1. The van der Waals surface area contributed by atoms with E-state index in [1.807, 2.05) is 54.6 Å². The van der Waals surface area contributed by atoms with Crippen molar-refractivity contribution in [2.75, 3.05) is 44.8 Å². The summed E-state index contributed by atoms with van der Waals surface area (Å²) in [5.41, 5.74) is 2.07. The first-order chi connectivity index (χ1) is 15.8. The van der Waals surface area contributed by atoms with Gasteiger partial charge in [-0.1, -0.05) is 54.6 Å². The van der Waals surface area contributed by atoms with E-state index in [2.05, 4.69) is 27.7 Å². The first-order valence-electron chi connectivity index (χ1n) is 11.3. The zero-order chi connectivity index (χ0) is 21.8. The monoisotopic (exact) mass is 431 g/mol. The number of carbonyl (C=O) groups excluding carboxylic acids is 1. The Labute approximate surface area is 188 Å². The number of hydrogen-bond acceptors (Lipinski definition) is 4. The predicted molar refractivity (Wildman–Crippen MR) is 126 cm³/mol. The molecule has 32 heavy (non-hydrogen) atoms. The van der Waals surface area contributed by atoms with Crippen molar-refractivity contribution in [3.8, 4) is 5.75 Å². The van der Waals surface area contributed by atoms with Gasteiger partial charge in [-0.15, -0.1) is 0 Å². The van der Waals surface area contributed by atoms with E-state index in [4.69, 9.17) is 9.47 Å². The summed E-state index contributed by atoms with van der Waals surface area (Å²) in [6.45, 7) is 4.99. The summed E-state index contributed by atoms with van der Waals surface area (Å²) < 4.78 is 11.5. The van der Waals surface area contributed by atoms with Gasteiger partial charge in [-0.05, 0) is 24.1 Å². The van der Waals surface area contributed by atoms with Crippen molar-refractivity contribution in [1.82, 2.24) is 10.2 Å². The summed E-state index contributed by atoms with van der Waals surface area (Å²) in [6, 6.07) is 22.3. The number of carbonyl (C=O) groups is 1. The maximum absolute atomic E-state index is 12.6. The number of ether oxygens (including phenoxy) is 2. The molecule has 1 saturated heterocycles. The molecule has 2 N–H and O–H groups in total. The molecule has 0 aromatic heterocycles. The van der Waals surface area contributed by atoms with E-state index in [1.54, 1.807) is 0 Å². The zero-order valence-corrected chi connectivity index (χ0v) is 18.1. The fraction of sp³-hybridized carbons (Fsp3) is 0.346. The summed E-state index contributed by atoms with van der Waals surface area (Å²) >= 11 is 0. The Balaban J connectivity index is 1.21. The number of morpholine rings is 1. The van der Waals surface area contributed by atoms with Crippen molar-refractivity contribution in [1.29, 1.82) is 0 Å². The van der Waals surface area contributed by atoms with Crippen molar-refractivity contribution in [3.05, 3.63) is 72.3 Å². The summed E-state index contributed by atoms with van der Waals surface area (Å²) in [6.07, 6.45) is 0.980. The van der Waals surface area contributed by atoms with Gasteiger partial charge in [0.25, 0.3) is 0 Å². The van der Waals surface area contributed by atoms with E-state index in [1.165, 1.54) is 5.56 Å². The molecule has 1 heterocycles. The summed E-state index contributed by atoms with van der Waals surface area (Å²) in [4.78, 5) is 15.0. The second kappa shape index (κ2) is 9.59. The van der Waals surface area contributed by atoms with E-state index in [0.29, 0.717) is 12.5 Å². The van der Waals surface area contributed by atoms with Gasteiger partial charge in [0.05, 0.1) is 18.9 Å². The highest BCUT2D eigenvalue weighted by Crippen LogP contribution is 2.40. The Morgan fingerprint density at radius 2 is 1.72 bits per heavy atom. The Morgan fingerprint density at radius 1 is 0.969 bits per heavy atom. The number of amides is 2. The second-order valence-electron chi connectivity index (χ2n) is 8.42. The molecule has 0 radical (unpaired) electrons. The van der Waals surface area contributed by atoms with Crippen LogP contribution in [0.5, 0.6) is 5.75 Å². The van der Waals surface area contributed by atoms with Crippen LogP contribution in [0.15, 0.2) is 66.7 Å². The Morgan fingerprint density at radius 3 is 2.53 bits per heavy atom. The number of rotatable bonds is 7. The first-order valence-corrected chi connectivity index (χ1v) is 11.3. The van der Waals surface area contributed by atoms with Crippen LogP contribution in [0.4, 0.5) is 10.5 Å². The Bertz CT molecular complexity index is 1070. The molecule has 2 fully saturated rings. The van der Waals surface area contributed by atoms with Crippen LogP contribution in [0, 0.1) is 0 Å². The van der Waals surface area contributed by atoms with E-state index < -0.39 is 0 Å². The van der Waals surface area contributed by atoms with Gasteiger partial charge in [0.1, 0.15) is 12.4 Å². The third-order valence-corrected chi connectivity index (χ3v) is 6.24. The molecule has 0 spiro atoms. The van der Waals surface area contributed by atoms with Gasteiger partial charge in [0, 0.05) is 42.4 Å². The maximum Gasteiger partial charge on any atom is 0.319 e. The number of nitrogens with one attached hydrogen (secondary N) is 2. The van der Waals surface area contributed by atoms with Crippen LogP contribution in [0.1, 0.15) is 17.9 Å². The molecular weight excluding hydrogens is 402 g/mol. The van der Waals surface area contributed by atoms with Crippen molar-refractivity contribution < 1.29 is 14.3 Å². The maximum atomic E-state index is 12.6. The third kappa shape index (κ3) is 4.87. The second-order valence-corrected chi connectivity index (χ2v) is 8.42. The molecule has 3 aromatic carbocycles. The Hall–Kier alpha value is -3.09. The van der Waals surface area contributed by atoms with Crippen molar-refractivity contribution in [3.63, 3.8) is 0 Å². The zero-order valence-electron chi connectivity index (χ0n) is 18.1. The summed E-state index contributed by atoms with van der Waals surface area (Å²) in [5.74, 6) is 1.24. The quantitative estimate of drug-likeness (QED) is 0.588. The number of urea groups is 1. The average Bonchev–Trinajstić information content (AvgIpc) is 3.60. The standard InChI is InChI=1S/C26H29N3O3/c30-26(28-24-18-22(24)19-6-2-1-3-7-19)27-23-10-11-25(21-9-5-4-8-20(21)23)32-17-14-29-12-15-31-16-13-29/h1-11,22,24H,12-18H2,(H2,27,28,30)/t22-,24+/m0/s1. The fourth-order valence-corrected chi connectivity index (χ4v) is 4.37. The van der Waals surface area contributed by atoms with Crippen LogP contribution >= 0.6 is 0 Å². The van der Waals surface area contributed by atoms with Crippen LogP contribution in [-0.4, -0.2) is 56.4 Å². The molecule has 2 atom stereocenters. The molecule has 1 saturated carbocycles. The fourth-order valence-electron chi connectivity index (χ4n) is 4.37. The summed E-state index contributed by atoms with van der Waals surface area (Å²) in [5, 5.41) is 8.11. The van der Waals surface area contributed by atoms with Gasteiger partial charge < -0.3 is 20.1 Å². The predicted octanol–water partition coefficient (Wildman–Crippen LogP) is 4.23. The highest BCUT2D eigenvalue weighted by Gasteiger charge is 2.39. The van der Waals surface area contributed by atoms with E-state index in [-0.39, 0.29) is 12.1 Å². The molecule has 0 bridgehead atoms. The molecular formula is C26H29N3O3. The van der Waals surface area contributed by atoms with Crippen LogP contribution in [0.25, 0.3) is 10.8 Å². The minimum absolute atomic E-state index is 0.167. The Kier molecular flexibility index (Phi) is 6.23. The van der Waals surface area contributed by atoms with E-state index in [0.717, 1.165) is 61.5 Å². The first kappa shape index (κ1) is 20.8. The lowest BCUT2D eigenvalue weighted by Crippen LogP contribution is -2.38. The summed E-state index contributed by atoms with van der Waals surface area (Å²) in [7, 11) is 0. The van der Waals surface area contributed by atoms with Crippen molar-refractivity contribution >= 4 is 22.5 Å². The van der Waals surface area contributed by atoms with Gasteiger partial charge >= 0.3 is 6.03 Å². The van der Waals surface area contributed by atoms with Crippen molar-refractivity contribution in [2.24, 2.45) is 0 Å². The number of benzene rings is 3. The molecule has 6 heteroatoms. The molecule has 0 unspecified atom stereocenters.